The molecule has 21 fully saturated rings. The molecule has 21 aliphatic heterocycles. The average Bonchev–Trinajstić information content (AvgIpc) is 1.66. The minimum Gasteiger partial charge on any atom is -0.497 e. The lowest BCUT2D eigenvalue weighted by Crippen LogP contribution is -2.68. The highest BCUT2D eigenvalue weighted by molar-refractivity contribution is 6.30. The molecule has 0 aliphatic carbocycles. The van der Waals surface area contributed by atoms with Gasteiger partial charge in [0.05, 0.1) is 65.3 Å². The molecule has 40 nitrogen and oxygen atoms in total. The monoisotopic (exact) mass is 1490 g/mol. The maximum atomic E-state index is 13.0. The van der Waals surface area contributed by atoms with Crippen molar-refractivity contribution in [1.29, 1.82) is 0 Å². The van der Waals surface area contributed by atoms with Gasteiger partial charge in [0.1, 0.15) is 177 Å². The quantitative estimate of drug-likeness (QED) is 0.0848. The number of hydrogen-bond acceptors (Lipinski definition) is 38. The number of fused-ring (bicyclic) bond motifs is 1. The van der Waals surface area contributed by atoms with E-state index < -0.39 is 267 Å². The normalized spacial score (nSPS) is 44.5. The fraction of sp³-hybridized carbons (Fsp3) is 0.738. The highest BCUT2D eigenvalue weighted by Gasteiger charge is 2.60. The van der Waals surface area contributed by atoms with E-state index in [2.05, 4.69) is 0 Å². The van der Waals surface area contributed by atoms with E-state index >= 15 is 0 Å². The first-order valence-electron chi connectivity index (χ1n) is 32.2. The largest absolute Gasteiger partial charge is 0.497 e. The predicted octanol–water partition coefficient (Wildman–Crippen LogP) is -11.3. The summed E-state index contributed by atoms with van der Waals surface area (Å²) >= 11 is 5.89. The lowest BCUT2D eigenvalue weighted by molar-refractivity contribution is -0.396. The van der Waals surface area contributed by atoms with Crippen molar-refractivity contribution < 1.29 is 193 Å². The maximum Gasteiger partial charge on any atom is 0.307 e. The van der Waals surface area contributed by atoms with E-state index in [0.29, 0.717) is 38.5 Å². The molecule has 41 heteroatoms. The van der Waals surface area contributed by atoms with Crippen LogP contribution in [0.3, 0.4) is 0 Å². The summed E-state index contributed by atoms with van der Waals surface area (Å²) in [7, 11) is 1.54. The number of aliphatic hydroxyl groups excluding tert-OH is 21. The molecule has 21 saturated heterocycles. The van der Waals surface area contributed by atoms with Crippen molar-refractivity contribution in [3.05, 3.63) is 64.3 Å². The van der Waals surface area contributed by atoms with Gasteiger partial charge in [0.15, 0.2) is 44.0 Å². The first kappa shape index (κ1) is 80.4. The predicted molar refractivity (Wildman–Crippen MR) is 324 cm³/mol. The highest BCUT2D eigenvalue weighted by atomic mass is 35.5. The van der Waals surface area contributed by atoms with E-state index in [9.17, 15) is 122 Å². The summed E-state index contributed by atoms with van der Waals surface area (Å²) in [4.78, 5) is 24.3. The molecular weight excluding hydrogens is 1410 g/mol. The third kappa shape index (κ3) is 16.2. The molecule has 2 aromatic carbocycles. The van der Waals surface area contributed by atoms with Crippen LogP contribution in [0.15, 0.2) is 42.5 Å². The smallest absolute Gasteiger partial charge is 0.307 e. The fourth-order valence-electron chi connectivity index (χ4n) is 13.4. The Balaban J connectivity index is 0.000000374. The van der Waals surface area contributed by atoms with Crippen molar-refractivity contribution in [3.8, 4) is 5.75 Å². The number of carbonyl (C=O) groups excluding carboxylic acids is 1. The number of halogens is 1. The number of carboxylic acid groups (broad SMARTS) is 1. The third-order valence-corrected chi connectivity index (χ3v) is 19.2. The van der Waals surface area contributed by atoms with Crippen LogP contribution in [0.5, 0.6) is 5.75 Å². The van der Waals surface area contributed by atoms with E-state index in [1.807, 2.05) is 0 Å². The van der Waals surface area contributed by atoms with Crippen molar-refractivity contribution in [1.82, 2.24) is 4.57 Å². The summed E-state index contributed by atoms with van der Waals surface area (Å²) in [6.07, 6.45) is -70.4. The maximum absolute atomic E-state index is 13.0. The second-order valence-electron chi connectivity index (χ2n) is 25.3. The van der Waals surface area contributed by atoms with Gasteiger partial charge in [0.25, 0.3) is 5.91 Å². The lowest BCUT2D eigenvalue weighted by Gasteiger charge is -2.50. The van der Waals surface area contributed by atoms with Gasteiger partial charge in [0.2, 0.25) is 0 Å². The molecule has 0 unspecified atom stereocenters. The van der Waals surface area contributed by atoms with Crippen LogP contribution in [-0.4, -0.2) is 397 Å². The number of aliphatic carboxylic acids is 1. The number of aromatic nitrogens is 1. The molecule has 24 rings (SSSR count). The van der Waals surface area contributed by atoms with Crippen LogP contribution in [0, 0.1) is 6.92 Å². The highest BCUT2D eigenvalue weighted by Crippen LogP contribution is 2.40. The molecule has 1 aromatic heterocycles. The van der Waals surface area contributed by atoms with Crippen LogP contribution in [0.1, 0.15) is 21.6 Å². The summed E-state index contributed by atoms with van der Waals surface area (Å²) in [5.74, 6) is -0.583. The summed E-state index contributed by atoms with van der Waals surface area (Å²) < 4.78 is 86.2. The van der Waals surface area contributed by atoms with Gasteiger partial charge < -0.3 is 183 Å². The number of rotatable bonds is 11. The van der Waals surface area contributed by atoms with Gasteiger partial charge in [-0.2, -0.15) is 0 Å². The van der Waals surface area contributed by atoms with Gasteiger partial charge in [-0.05, 0) is 55.0 Å². The Morgan fingerprint density at radius 2 is 0.627 bits per heavy atom. The van der Waals surface area contributed by atoms with Gasteiger partial charge in [0, 0.05) is 21.7 Å². The molecule has 0 spiro atoms. The molecule has 3 aromatic rings. The number of aliphatic hydroxyl groups is 21. The zero-order valence-electron chi connectivity index (χ0n) is 54.0. The first-order chi connectivity index (χ1) is 48.6. The van der Waals surface area contributed by atoms with E-state index in [1.54, 1.807) is 56.5 Å². The molecule has 0 amide bonds. The fourth-order valence-corrected chi connectivity index (χ4v) is 13.5. The minimum absolute atomic E-state index is 0.170. The average molecular weight is 1490 g/mol. The number of hydrogen-bond donors (Lipinski definition) is 22. The van der Waals surface area contributed by atoms with E-state index in [1.165, 1.54) is 4.57 Å². The van der Waals surface area contributed by atoms with Gasteiger partial charge in [-0.25, -0.2) is 0 Å². The van der Waals surface area contributed by atoms with Crippen LogP contribution in [-0.2, 0) is 77.5 Å². The molecule has 0 saturated carbocycles. The zero-order valence-corrected chi connectivity index (χ0v) is 54.8. The van der Waals surface area contributed by atoms with Crippen LogP contribution in [0.2, 0.25) is 5.02 Å². The number of ether oxygens (including phenoxy) is 15. The van der Waals surface area contributed by atoms with Crippen LogP contribution >= 0.6 is 11.6 Å². The van der Waals surface area contributed by atoms with E-state index in [4.69, 9.17) is 82.7 Å². The molecule has 21 aliphatic rings. The third-order valence-electron chi connectivity index (χ3n) is 18.9. The number of nitrogens with zero attached hydrogens (tertiary/aromatic N) is 1. The van der Waals surface area contributed by atoms with Gasteiger partial charge in [-0.15, -0.1) is 0 Å². The van der Waals surface area contributed by atoms with Crippen LogP contribution in [0.25, 0.3) is 10.9 Å². The lowest BCUT2D eigenvalue weighted by atomic mass is 9.95. The molecule has 102 heavy (non-hydrogen) atoms. The molecule has 35 atom stereocenters. The van der Waals surface area contributed by atoms with Crippen molar-refractivity contribution in [2.75, 3.05) is 53.4 Å². The van der Waals surface area contributed by atoms with Gasteiger partial charge >= 0.3 is 5.97 Å². The Kier molecular flexibility index (Phi) is 27.1. The Morgan fingerprint density at radius 3 is 0.843 bits per heavy atom. The number of carboxylic acids is 1. The van der Waals surface area contributed by atoms with Gasteiger partial charge in [-0.3, -0.25) is 14.2 Å². The first-order valence-corrected chi connectivity index (χ1v) is 32.6. The second kappa shape index (κ2) is 34.4. The Hall–Kier alpha value is -4.19. The van der Waals surface area contributed by atoms with E-state index in [0.717, 1.165) is 0 Å². The van der Waals surface area contributed by atoms with Crippen molar-refractivity contribution >= 4 is 34.4 Å². The standard InChI is InChI=1S/C42H70O35.C19H16ClNO4/c43-1-8-29-15(50)22(57)36(64-8)72-30-9(2-44)66-38(24(59)17(30)52)74-32-11(4-46)68-40(26(61)19(32)54)76-34-13(6-48)70-42(28(63)21(34)56)77-35-14(7-49)69-41(27(62)20(35)55)75-33-12(5-47)67-39(25(60)18(33)53)73-31-10(3-45)65-37(71-29)23(58)16(31)51;1-11-15(10-18(22)23)16-9-14(25-2)7-8-17(16)21(11)19(24)12-3-5-13(20)6-4-12/h8-63H,1-7H2;3-9H,10H2,1-2H3,(H,22,23)/t8-,9-,10-,11-,12-,13-,14-,15-,16-,17-,18-,19-,20-,21-,22-,23-,24-,25-,26-,27-,28-,29-,30-,31-,32-,33-,34-,35-,36-,37-,38-,39-,40-,41-,42-;/m1./s1. The molecule has 14 bridgehead atoms. The Morgan fingerprint density at radius 1 is 0.382 bits per heavy atom. The molecule has 22 heterocycles. The molecule has 0 radical (unpaired) electrons. The van der Waals surface area contributed by atoms with Crippen LogP contribution in [0.4, 0.5) is 0 Å². The minimum atomic E-state index is -2.21. The second-order valence-corrected chi connectivity index (χ2v) is 25.8. The molecular formula is C61H86ClNO39. The number of benzene rings is 2. The van der Waals surface area contributed by atoms with Gasteiger partial charge in [-0.1, -0.05) is 11.6 Å². The van der Waals surface area contributed by atoms with Crippen molar-refractivity contribution in [2.24, 2.45) is 0 Å². The summed E-state index contributed by atoms with van der Waals surface area (Å²) in [6, 6.07) is 11.9. The van der Waals surface area contributed by atoms with Crippen molar-refractivity contribution in [3.63, 3.8) is 0 Å². The number of methoxy groups -OCH3 is 1. The molecule has 22 N–H and O–H groups in total. The SMILES string of the molecule is COc1ccc2c(c1)c(CC(=O)O)c(C)n2C(=O)c1ccc(Cl)cc1.OC[C@H]1O[C@@H]2O[C@H]3[C@H](O)[C@@H](O)[C@@H](O[C@H]4[C@H](O)[C@@H](O)[C@@H](O[C@H]5[C@H](O)[C@@H](O)[C@@H](O[C@H]6[C@H](O)[C@@H](O)[C@@H](O[C@H]7[C@H](O)[C@@H](O)[C@@H](O[C@H]8[C@H](O)[C@@H](O)[C@@H](O[C@H]1[C@H](O)[C@H]2O)O[C@@H]8CO)O[C@@H]7CO)O[C@@H]6CO)O[C@@H]5CO)O[C@@H]4CO)O[C@@H]3CO. The number of carbonyl (C=O) groups is 2. The Bertz CT molecular complexity index is 2850. The summed E-state index contributed by atoms with van der Waals surface area (Å²) in [5.41, 5.74) is 2.32. The topological polar surface area (TPSA) is 623 Å². The summed E-state index contributed by atoms with van der Waals surface area (Å²) in [6.45, 7) is -5.58. The van der Waals surface area contributed by atoms with Crippen LogP contribution < -0.4 is 4.74 Å². The Labute approximate surface area is 582 Å². The summed E-state index contributed by atoms with van der Waals surface area (Å²) in [5, 5.41) is 241. The van der Waals surface area contributed by atoms with Crippen molar-refractivity contribution in [2.45, 2.75) is 228 Å². The molecule has 576 valence electrons. The van der Waals surface area contributed by atoms with E-state index in [-0.39, 0.29) is 12.3 Å². The zero-order chi connectivity index (χ0) is 74.2.